The van der Waals surface area contributed by atoms with Crippen molar-refractivity contribution in [3.63, 3.8) is 0 Å². The quantitative estimate of drug-likeness (QED) is 0.0323. The molecule has 6 nitrogen and oxygen atoms in total. The summed E-state index contributed by atoms with van der Waals surface area (Å²) in [5, 5.41) is 23.7. The Morgan fingerprint density at radius 3 is 1.32 bits per heavy atom. The van der Waals surface area contributed by atoms with Gasteiger partial charge in [-0.05, 0) is 38.5 Å². The first-order valence-electron chi connectivity index (χ1n) is 25.1. The Morgan fingerprint density at radius 2 is 0.898 bits per heavy atom. The Bertz CT molecular complexity index is 1060. The zero-order valence-corrected chi connectivity index (χ0v) is 38.9. The molecule has 0 aliphatic heterocycles. The molecule has 0 bridgehead atoms. The van der Waals surface area contributed by atoms with Crippen molar-refractivity contribution in [3.05, 3.63) is 60.8 Å². The van der Waals surface area contributed by atoms with Crippen molar-refractivity contribution >= 4 is 11.9 Å². The largest absolute Gasteiger partial charge is 0.462 e. The highest BCUT2D eigenvalue weighted by molar-refractivity contribution is 5.77. The van der Waals surface area contributed by atoms with E-state index in [9.17, 15) is 19.8 Å². The summed E-state index contributed by atoms with van der Waals surface area (Å²) in [6.07, 6.45) is 57.1. The zero-order valence-electron chi connectivity index (χ0n) is 38.9. The molecule has 0 aromatic carbocycles. The summed E-state index contributed by atoms with van der Waals surface area (Å²) in [4.78, 5) is 26.0. The Kier molecular flexibility index (Phi) is 44.7. The van der Waals surface area contributed by atoms with E-state index in [1.165, 1.54) is 135 Å². The number of aliphatic hydroxyl groups is 2. The number of unbranched alkanes of at least 4 members (excludes halogenated alkanes) is 26. The number of ether oxygens (including phenoxy) is 1. The van der Waals surface area contributed by atoms with Crippen molar-refractivity contribution in [3.8, 4) is 0 Å². The summed E-state index contributed by atoms with van der Waals surface area (Å²) >= 11 is 0. The van der Waals surface area contributed by atoms with Gasteiger partial charge in [0, 0.05) is 6.42 Å². The fourth-order valence-electron chi connectivity index (χ4n) is 7.46. The minimum atomic E-state index is -0.799. The third kappa shape index (κ3) is 42.1. The van der Waals surface area contributed by atoms with E-state index in [1.54, 1.807) is 0 Å². The molecule has 6 heteroatoms. The Hall–Kier alpha value is -2.44. The third-order valence-electron chi connectivity index (χ3n) is 11.2. The molecule has 3 N–H and O–H groups in total. The Morgan fingerprint density at radius 1 is 0.508 bits per heavy atom. The van der Waals surface area contributed by atoms with Gasteiger partial charge < -0.3 is 20.3 Å². The molecular formula is C53H95NO5. The maximum Gasteiger partial charge on any atom is 0.306 e. The zero-order chi connectivity index (χ0) is 43.1. The number of esters is 1. The number of amides is 1. The van der Waals surface area contributed by atoms with Crippen LogP contribution in [0.15, 0.2) is 60.8 Å². The predicted octanol–water partition coefficient (Wildman–Crippen LogP) is 14.8. The summed E-state index contributed by atoms with van der Waals surface area (Å²) in [6, 6.07) is -0.715. The fraction of sp³-hybridized carbons (Fsp3) is 0.774. The average Bonchev–Trinajstić information content (AvgIpc) is 3.23. The molecule has 3 atom stereocenters. The van der Waals surface area contributed by atoms with Crippen LogP contribution in [0, 0.1) is 0 Å². The molecule has 342 valence electrons. The summed E-state index contributed by atoms with van der Waals surface area (Å²) in [5.41, 5.74) is 0. The normalized spacial score (nSPS) is 13.8. The van der Waals surface area contributed by atoms with Crippen molar-refractivity contribution in [2.24, 2.45) is 0 Å². The van der Waals surface area contributed by atoms with E-state index in [0.717, 1.165) is 51.4 Å². The van der Waals surface area contributed by atoms with Gasteiger partial charge in [0.05, 0.1) is 25.2 Å². The highest BCUT2D eigenvalue weighted by atomic mass is 16.5. The van der Waals surface area contributed by atoms with Crippen LogP contribution in [0.5, 0.6) is 0 Å². The van der Waals surface area contributed by atoms with Crippen LogP contribution in [0.1, 0.15) is 239 Å². The van der Waals surface area contributed by atoms with Crippen molar-refractivity contribution < 1.29 is 24.5 Å². The minimum Gasteiger partial charge on any atom is -0.462 e. The van der Waals surface area contributed by atoms with Gasteiger partial charge in [-0.3, -0.25) is 9.59 Å². The van der Waals surface area contributed by atoms with Crippen molar-refractivity contribution in [1.29, 1.82) is 0 Å². The topological polar surface area (TPSA) is 95.9 Å². The number of allylic oxidation sites excluding steroid dienone is 10. The number of nitrogens with one attached hydrogen (secondary N) is 1. The monoisotopic (exact) mass is 826 g/mol. The van der Waals surface area contributed by atoms with Gasteiger partial charge in [0.2, 0.25) is 5.91 Å². The van der Waals surface area contributed by atoms with Gasteiger partial charge >= 0.3 is 5.97 Å². The molecular weight excluding hydrogens is 731 g/mol. The summed E-state index contributed by atoms with van der Waals surface area (Å²) in [6.45, 7) is 6.32. The minimum absolute atomic E-state index is 0.0497. The molecule has 0 fully saturated rings. The molecule has 0 aromatic rings. The number of carbonyl (C=O) groups is 2. The van der Waals surface area contributed by atoms with Gasteiger partial charge in [0.15, 0.2) is 0 Å². The Labute approximate surface area is 365 Å². The van der Waals surface area contributed by atoms with Gasteiger partial charge in [0.1, 0.15) is 6.10 Å². The summed E-state index contributed by atoms with van der Waals surface area (Å²) in [7, 11) is 0. The van der Waals surface area contributed by atoms with Crippen LogP contribution in [0.25, 0.3) is 0 Å². The van der Waals surface area contributed by atoms with E-state index in [-0.39, 0.29) is 24.9 Å². The first-order chi connectivity index (χ1) is 29.0. The molecule has 0 heterocycles. The van der Waals surface area contributed by atoms with Crippen molar-refractivity contribution in [2.45, 2.75) is 257 Å². The van der Waals surface area contributed by atoms with E-state index in [2.05, 4.69) is 32.2 Å². The summed E-state index contributed by atoms with van der Waals surface area (Å²) < 4.78 is 5.88. The van der Waals surface area contributed by atoms with Crippen LogP contribution in [0.2, 0.25) is 0 Å². The van der Waals surface area contributed by atoms with Crippen LogP contribution in [0.4, 0.5) is 0 Å². The predicted molar refractivity (Wildman–Crippen MR) is 255 cm³/mol. The van der Waals surface area contributed by atoms with Crippen molar-refractivity contribution in [1.82, 2.24) is 5.32 Å². The second-order valence-corrected chi connectivity index (χ2v) is 17.0. The van der Waals surface area contributed by atoms with Gasteiger partial charge in [-0.15, -0.1) is 0 Å². The molecule has 0 saturated carbocycles. The van der Waals surface area contributed by atoms with Crippen LogP contribution < -0.4 is 5.32 Å². The molecule has 0 saturated heterocycles. The molecule has 59 heavy (non-hydrogen) atoms. The highest BCUT2D eigenvalue weighted by Crippen LogP contribution is 2.18. The van der Waals surface area contributed by atoms with E-state index in [0.29, 0.717) is 25.7 Å². The number of rotatable bonds is 44. The van der Waals surface area contributed by atoms with E-state index in [1.807, 2.05) is 54.7 Å². The first kappa shape index (κ1) is 56.6. The standard InChI is InChI=1S/C53H95NO5/c1-4-7-10-13-16-19-22-24-25-26-28-30-33-36-39-42-45-51(56)50(48-55)54-52(57)47-49(44-41-38-35-32-29-21-18-15-12-9-6-3)59-53(58)46-43-40-37-34-31-27-23-20-17-14-11-8-5-2/h8,11,14,17,20,23,27,31,34,37,49-51,55-56H,4-7,9-10,12-13,15-16,18-19,21-22,24-26,28-30,32-33,35-36,38-48H2,1-3H3,(H,54,57)/b11-8+,17-14+,23-20-,31-27-,37-34+. The molecule has 0 spiro atoms. The smallest absolute Gasteiger partial charge is 0.306 e. The highest BCUT2D eigenvalue weighted by Gasteiger charge is 2.24. The average molecular weight is 826 g/mol. The van der Waals surface area contributed by atoms with Crippen LogP contribution in [-0.4, -0.2) is 46.9 Å². The molecule has 0 aromatic heterocycles. The maximum absolute atomic E-state index is 13.2. The third-order valence-corrected chi connectivity index (χ3v) is 11.2. The van der Waals surface area contributed by atoms with Gasteiger partial charge in [0.25, 0.3) is 0 Å². The molecule has 3 unspecified atom stereocenters. The van der Waals surface area contributed by atoms with Crippen LogP contribution in [0.3, 0.4) is 0 Å². The van der Waals surface area contributed by atoms with E-state index in [4.69, 9.17) is 4.74 Å². The lowest BCUT2D eigenvalue weighted by Crippen LogP contribution is -2.46. The lowest BCUT2D eigenvalue weighted by molar-refractivity contribution is -0.151. The van der Waals surface area contributed by atoms with Crippen LogP contribution in [-0.2, 0) is 14.3 Å². The molecule has 0 aliphatic rings. The number of hydrogen-bond acceptors (Lipinski definition) is 5. The summed E-state index contributed by atoms with van der Waals surface area (Å²) in [5.74, 6) is -0.559. The van der Waals surface area contributed by atoms with E-state index >= 15 is 0 Å². The van der Waals surface area contributed by atoms with Gasteiger partial charge in [-0.1, -0.05) is 248 Å². The number of aliphatic hydroxyl groups excluding tert-OH is 2. The number of hydrogen-bond donors (Lipinski definition) is 3. The van der Waals surface area contributed by atoms with Crippen LogP contribution >= 0.6 is 0 Å². The first-order valence-corrected chi connectivity index (χ1v) is 25.1. The number of carbonyl (C=O) groups excluding carboxylic acids is 2. The SMILES string of the molecule is CC/C=C/C=C/C=C\C=C/C=C/CCCC(=O)OC(CCCCCCCCCCCCC)CC(=O)NC(CO)C(O)CCCCCCCCCCCCCCCCCC. The maximum atomic E-state index is 13.2. The second kappa shape index (κ2) is 46.6. The van der Waals surface area contributed by atoms with Gasteiger partial charge in [-0.2, -0.15) is 0 Å². The van der Waals surface area contributed by atoms with E-state index < -0.39 is 18.2 Å². The lowest BCUT2D eigenvalue weighted by atomic mass is 10.0. The molecule has 1 amide bonds. The van der Waals surface area contributed by atoms with Gasteiger partial charge in [-0.25, -0.2) is 0 Å². The Balaban J connectivity index is 4.59. The fourth-order valence-corrected chi connectivity index (χ4v) is 7.46. The second-order valence-electron chi connectivity index (χ2n) is 17.0. The molecule has 0 rings (SSSR count). The van der Waals surface area contributed by atoms with Crippen molar-refractivity contribution in [2.75, 3.05) is 6.61 Å². The lowest BCUT2D eigenvalue weighted by Gasteiger charge is -2.24. The molecule has 0 aliphatic carbocycles. The molecule has 0 radical (unpaired) electrons.